The minimum Gasteiger partial charge on any atom is -0.319 e. The van der Waals surface area contributed by atoms with Crippen molar-refractivity contribution >= 4 is 0 Å². The normalized spacial score (nSPS) is 31.6. The van der Waals surface area contributed by atoms with Crippen molar-refractivity contribution in [2.24, 2.45) is 17.3 Å². The lowest BCUT2D eigenvalue weighted by Gasteiger charge is -2.45. The van der Waals surface area contributed by atoms with Crippen molar-refractivity contribution in [2.75, 3.05) is 13.6 Å². The van der Waals surface area contributed by atoms with E-state index in [1.165, 1.54) is 19.4 Å². The number of rotatable bonds is 2. The van der Waals surface area contributed by atoms with E-state index in [2.05, 4.69) is 33.1 Å². The molecular weight excluding hydrogens is 134 g/mol. The topological polar surface area (TPSA) is 12.0 Å². The van der Waals surface area contributed by atoms with Gasteiger partial charge >= 0.3 is 0 Å². The summed E-state index contributed by atoms with van der Waals surface area (Å²) >= 11 is 0. The molecule has 0 aromatic heterocycles. The van der Waals surface area contributed by atoms with Crippen LogP contribution >= 0.6 is 0 Å². The van der Waals surface area contributed by atoms with Gasteiger partial charge in [0.25, 0.3) is 0 Å². The van der Waals surface area contributed by atoms with Gasteiger partial charge in [0.15, 0.2) is 0 Å². The molecule has 2 atom stereocenters. The molecule has 1 nitrogen and oxygen atoms in total. The fourth-order valence-electron chi connectivity index (χ4n) is 2.22. The van der Waals surface area contributed by atoms with Crippen LogP contribution in [-0.4, -0.2) is 13.6 Å². The molecule has 1 aliphatic carbocycles. The van der Waals surface area contributed by atoms with Gasteiger partial charge < -0.3 is 5.32 Å². The Labute approximate surface area is 70.6 Å². The second-order valence-corrected chi connectivity index (χ2v) is 4.87. The van der Waals surface area contributed by atoms with E-state index in [0.29, 0.717) is 5.41 Å². The molecule has 0 saturated heterocycles. The Morgan fingerprint density at radius 1 is 1.27 bits per heavy atom. The lowest BCUT2D eigenvalue weighted by molar-refractivity contribution is 0.0574. The van der Waals surface area contributed by atoms with Gasteiger partial charge in [-0.25, -0.2) is 0 Å². The van der Waals surface area contributed by atoms with E-state index in [-0.39, 0.29) is 0 Å². The lowest BCUT2D eigenvalue weighted by atomic mass is 9.61. The lowest BCUT2D eigenvalue weighted by Crippen LogP contribution is -2.41. The van der Waals surface area contributed by atoms with Crippen LogP contribution in [0.5, 0.6) is 0 Å². The Bertz CT molecular complexity index is 123. The third-order valence-corrected chi connectivity index (χ3v) is 3.00. The summed E-state index contributed by atoms with van der Waals surface area (Å²) in [6, 6.07) is 0. The Balaban J connectivity index is 2.37. The zero-order chi connectivity index (χ0) is 8.48. The summed E-state index contributed by atoms with van der Waals surface area (Å²) in [5.41, 5.74) is 0.528. The van der Waals surface area contributed by atoms with Crippen molar-refractivity contribution in [3.05, 3.63) is 0 Å². The average molecular weight is 155 g/mol. The first-order valence-corrected chi connectivity index (χ1v) is 4.70. The van der Waals surface area contributed by atoms with Crippen LogP contribution in [0.4, 0.5) is 0 Å². The van der Waals surface area contributed by atoms with Gasteiger partial charge in [-0.05, 0) is 43.7 Å². The van der Waals surface area contributed by atoms with Gasteiger partial charge in [0.1, 0.15) is 0 Å². The Hall–Kier alpha value is -0.0400. The minimum absolute atomic E-state index is 0.528. The maximum Gasteiger partial charge on any atom is -0.00207 e. The molecule has 0 amide bonds. The fourth-order valence-corrected chi connectivity index (χ4v) is 2.22. The molecule has 0 spiro atoms. The van der Waals surface area contributed by atoms with Crippen molar-refractivity contribution in [1.82, 2.24) is 5.32 Å². The van der Waals surface area contributed by atoms with Crippen molar-refractivity contribution in [2.45, 2.75) is 33.6 Å². The summed E-state index contributed by atoms with van der Waals surface area (Å²) in [5.74, 6) is 1.90. The smallest absolute Gasteiger partial charge is 0.00207 e. The predicted molar refractivity (Wildman–Crippen MR) is 49.6 cm³/mol. The zero-order valence-corrected chi connectivity index (χ0v) is 8.28. The van der Waals surface area contributed by atoms with Crippen molar-refractivity contribution < 1.29 is 0 Å². The van der Waals surface area contributed by atoms with Crippen LogP contribution < -0.4 is 5.32 Å². The van der Waals surface area contributed by atoms with Crippen molar-refractivity contribution in [1.29, 1.82) is 0 Å². The highest BCUT2D eigenvalue weighted by molar-refractivity contribution is 4.89. The van der Waals surface area contributed by atoms with Crippen LogP contribution in [0.1, 0.15) is 33.6 Å². The van der Waals surface area contributed by atoms with Crippen LogP contribution in [0.2, 0.25) is 0 Å². The average Bonchev–Trinajstić information content (AvgIpc) is 1.75. The SMILES string of the molecule is CNCC1CCC1C(C)(C)C. The summed E-state index contributed by atoms with van der Waals surface area (Å²) in [4.78, 5) is 0. The predicted octanol–water partition coefficient (Wildman–Crippen LogP) is 2.28. The van der Waals surface area contributed by atoms with Crippen molar-refractivity contribution in [3.8, 4) is 0 Å². The van der Waals surface area contributed by atoms with E-state index < -0.39 is 0 Å². The first kappa shape index (κ1) is 9.05. The van der Waals surface area contributed by atoms with Gasteiger partial charge in [-0.1, -0.05) is 20.8 Å². The highest BCUT2D eigenvalue weighted by atomic mass is 14.8. The van der Waals surface area contributed by atoms with E-state index in [4.69, 9.17) is 0 Å². The maximum absolute atomic E-state index is 3.27. The van der Waals surface area contributed by atoms with Gasteiger partial charge in [-0.2, -0.15) is 0 Å². The summed E-state index contributed by atoms with van der Waals surface area (Å²) in [7, 11) is 2.05. The molecule has 1 aliphatic rings. The molecule has 2 unspecified atom stereocenters. The third-order valence-electron chi connectivity index (χ3n) is 3.00. The molecule has 0 aromatic rings. The monoisotopic (exact) mass is 155 g/mol. The number of nitrogens with one attached hydrogen (secondary N) is 1. The fraction of sp³-hybridized carbons (Fsp3) is 1.00. The van der Waals surface area contributed by atoms with E-state index in [0.717, 1.165) is 11.8 Å². The van der Waals surface area contributed by atoms with Gasteiger partial charge in [0.2, 0.25) is 0 Å². The van der Waals surface area contributed by atoms with E-state index >= 15 is 0 Å². The molecule has 0 aromatic carbocycles. The van der Waals surface area contributed by atoms with Crippen LogP contribution in [0, 0.1) is 17.3 Å². The summed E-state index contributed by atoms with van der Waals surface area (Å²) in [6.07, 6.45) is 2.87. The Kier molecular flexibility index (Phi) is 2.58. The van der Waals surface area contributed by atoms with Gasteiger partial charge in [0, 0.05) is 0 Å². The molecule has 1 rings (SSSR count). The third kappa shape index (κ3) is 1.96. The van der Waals surface area contributed by atoms with Crippen LogP contribution in [0.3, 0.4) is 0 Å². The zero-order valence-electron chi connectivity index (χ0n) is 8.28. The van der Waals surface area contributed by atoms with Gasteiger partial charge in [0.05, 0.1) is 0 Å². The first-order chi connectivity index (χ1) is 5.05. The molecule has 1 fully saturated rings. The minimum atomic E-state index is 0.528. The molecule has 66 valence electrons. The molecule has 0 bridgehead atoms. The van der Waals surface area contributed by atoms with Crippen LogP contribution in [0.15, 0.2) is 0 Å². The van der Waals surface area contributed by atoms with Gasteiger partial charge in [-0.3, -0.25) is 0 Å². The summed E-state index contributed by atoms with van der Waals surface area (Å²) in [5, 5.41) is 3.27. The van der Waals surface area contributed by atoms with Gasteiger partial charge in [-0.15, -0.1) is 0 Å². The van der Waals surface area contributed by atoms with E-state index in [1.807, 2.05) is 0 Å². The summed E-state index contributed by atoms with van der Waals surface area (Å²) < 4.78 is 0. The Morgan fingerprint density at radius 3 is 2.18 bits per heavy atom. The van der Waals surface area contributed by atoms with Crippen LogP contribution in [-0.2, 0) is 0 Å². The second-order valence-electron chi connectivity index (χ2n) is 4.87. The maximum atomic E-state index is 3.27. The molecule has 0 heterocycles. The molecular formula is C10H21N. The molecule has 1 saturated carbocycles. The Morgan fingerprint density at radius 2 is 1.91 bits per heavy atom. The first-order valence-electron chi connectivity index (χ1n) is 4.70. The molecule has 11 heavy (non-hydrogen) atoms. The van der Waals surface area contributed by atoms with E-state index in [9.17, 15) is 0 Å². The highest BCUT2D eigenvalue weighted by Crippen LogP contribution is 2.45. The standard InChI is InChI=1S/C10H21N/c1-10(2,3)9-6-5-8(9)7-11-4/h8-9,11H,5-7H2,1-4H3. The highest BCUT2D eigenvalue weighted by Gasteiger charge is 2.38. The largest absolute Gasteiger partial charge is 0.319 e. The molecule has 1 N–H and O–H groups in total. The molecule has 0 radical (unpaired) electrons. The molecule has 1 heteroatoms. The van der Waals surface area contributed by atoms with E-state index in [1.54, 1.807) is 0 Å². The van der Waals surface area contributed by atoms with Crippen LogP contribution in [0.25, 0.3) is 0 Å². The number of hydrogen-bond acceptors (Lipinski definition) is 1. The summed E-state index contributed by atoms with van der Waals surface area (Å²) in [6.45, 7) is 8.29. The second kappa shape index (κ2) is 3.14. The molecule has 0 aliphatic heterocycles. The quantitative estimate of drug-likeness (QED) is 0.645. The number of hydrogen-bond donors (Lipinski definition) is 1. The van der Waals surface area contributed by atoms with Crippen molar-refractivity contribution in [3.63, 3.8) is 0 Å².